The van der Waals surface area contributed by atoms with Gasteiger partial charge in [-0.1, -0.05) is 38.0 Å². The number of para-hydroxylation sites is 1. The Bertz CT molecular complexity index is 299. The van der Waals surface area contributed by atoms with Gasteiger partial charge >= 0.3 is 0 Å². The van der Waals surface area contributed by atoms with Crippen molar-refractivity contribution in [3.8, 4) is 5.75 Å². The molecule has 0 saturated heterocycles. The molecule has 1 rings (SSSR count). The summed E-state index contributed by atoms with van der Waals surface area (Å²) in [6.45, 7) is 2.98. The van der Waals surface area contributed by atoms with Crippen molar-refractivity contribution in [3.63, 3.8) is 0 Å². The van der Waals surface area contributed by atoms with Crippen molar-refractivity contribution in [2.75, 3.05) is 13.7 Å². The quantitative estimate of drug-likeness (QED) is 0.768. The van der Waals surface area contributed by atoms with Gasteiger partial charge in [-0.25, -0.2) is 0 Å². The number of unbranched alkanes of at least 4 members (excludes halogenated alkanes) is 1. The van der Waals surface area contributed by atoms with Crippen LogP contribution in [0.1, 0.15) is 31.7 Å². The molecule has 0 aliphatic carbocycles. The van der Waals surface area contributed by atoms with Crippen LogP contribution in [-0.4, -0.2) is 13.7 Å². The van der Waals surface area contributed by atoms with Crippen LogP contribution in [0, 0.1) is 5.92 Å². The molecule has 0 aliphatic heterocycles. The topological polar surface area (TPSA) is 35.2 Å². The van der Waals surface area contributed by atoms with Crippen LogP contribution in [0.3, 0.4) is 0 Å². The molecular weight excluding hydrogens is 198 g/mol. The van der Waals surface area contributed by atoms with Gasteiger partial charge in [-0.3, -0.25) is 0 Å². The zero-order valence-electron chi connectivity index (χ0n) is 10.4. The predicted molar refractivity (Wildman–Crippen MR) is 68.8 cm³/mol. The monoisotopic (exact) mass is 221 g/mol. The molecule has 0 aromatic heterocycles. The SMILES string of the molecule is CCCCC(CN)Cc1ccccc1OC. The molecule has 16 heavy (non-hydrogen) atoms. The van der Waals surface area contributed by atoms with E-state index < -0.39 is 0 Å². The van der Waals surface area contributed by atoms with E-state index in [2.05, 4.69) is 19.1 Å². The molecular formula is C14H23NO. The van der Waals surface area contributed by atoms with Gasteiger partial charge in [0.1, 0.15) is 5.75 Å². The Hall–Kier alpha value is -1.02. The lowest BCUT2D eigenvalue weighted by Gasteiger charge is -2.16. The number of hydrogen-bond donors (Lipinski definition) is 1. The first-order valence-electron chi connectivity index (χ1n) is 6.13. The highest BCUT2D eigenvalue weighted by Gasteiger charge is 2.10. The van der Waals surface area contributed by atoms with E-state index >= 15 is 0 Å². The molecule has 1 aromatic carbocycles. The molecule has 90 valence electrons. The van der Waals surface area contributed by atoms with Gasteiger partial charge in [0.2, 0.25) is 0 Å². The molecule has 1 unspecified atom stereocenters. The van der Waals surface area contributed by atoms with Gasteiger partial charge in [0.15, 0.2) is 0 Å². The van der Waals surface area contributed by atoms with Crippen LogP contribution in [0.2, 0.25) is 0 Å². The largest absolute Gasteiger partial charge is 0.496 e. The van der Waals surface area contributed by atoms with Gasteiger partial charge < -0.3 is 10.5 Å². The van der Waals surface area contributed by atoms with Crippen LogP contribution in [0.5, 0.6) is 5.75 Å². The summed E-state index contributed by atoms with van der Waals surface area (Å²) in [5.74, 6) is 1.56. The van der Waals surface area contributed by atoms with Crippen LogP contribution in [0.4, 0.5) is 0 Å². The fourth-order valence-corrected chi connectivity index (χ4v) is 1.98. The van der Waals surface area contributed by atoms with Gasteiger partial charge in [-0.15, -0.1) is 0 Å². The molecule has 0 amide bonds. The van der Waals surface area contributed by atoms with Crippen LogP contribution < -0.4 is 10.5 Å². The summed E-state index contributed by atoms with van der Waals surface area (Å²) in [7, 11) is 1.72. The van der Waals surface area contributed by atoms with E-state index in [0.29, 0.717) is 5.92 Å². The Labute approximate surface area is 98.8 Å². The van der Waals surface area contributed by atoms with Crippen molar-refractivity contribution in [1.82, 2.24) is 0 Å². The second kappa shape index (κ2) is 7.29. The Morgan fingerprint density at radius 3 is 2.69 bits per heavy atom. The minimum atomic E-state index is 0.580. The zero-order valence-corrected chi connectivity index (χ0v) is 10.4. The highest BCUT2D eigenvalue weighted by Crippen LogP contribution is 2.22. The average Bonchev–Trinajstić information content (AvgIpc) is 2.34. The molecule has 1 atom stereocenters. The fourth-order valence-electron chi connectivity index (χ4n) is 1.98. The van der Waals surface area contributed by atoms with E-state index in [9.17, 15) is 0 Å². The first kappa shape index (κ1) is 13.0. The molecule has 0 spiro atoms. The summed E-state index contributed by atoms with van der Waals surface area (Å²) in [6, 6.07) is 8.22. The number of rotatable bonds is 7. The van der Waals surface area contributed by atoms with E-state index in [1.807, 2.05) is 12.1 Å². The van der Waals surface area contributed by atoms with Crippen LogP contribution >= 0.6 is 0 Å². The molecule has 0 bridgehead atoms. The first-order valence-corrected chi connectivity index (χ1v) is 6.13. The maximum absolute atomic E-state index is 5.81. The van der Waals surface area contributed by atoms with Crippen LogP contribution in [0.15, 0.2) is 24.3 Å². The van der Waals surface area contributed by atoms with Gasteiger partial charge in [0.05, 0.1) is 7.11 Å². The summed E-state index contributed by atoms with van der Waals surface area (Å²) >= 11 is 0. The van der Waals surface area contributed by atoms with Crippen molar-refractivity contribution < 1.29 is 4.74 Å². The molecule has 2 nitrogen and oxygen atoms in total. The summed E-state index contributed by atoms with van der Waals surface area (Å²) in [5.41, 5.74) is 7.09. The maximum atomic E-state index is 5.81. The highest BCUT2D eigenvalue weighted by atomic mass is 16.5. The molecule has 0 heterocycles. The lowest BCUT2D eigenvalue weighted by atomic mass is 9.94. The van der Waals surface area contributed by atoms with E-state index in [4.69, 9.17) is 10.5 Å². The van der Waals surface area contributed by atoms with Crippen molar-refractivity contribution in [2.45, 2.75) is 32.6 Å². The second-order valence-corrected chi connectivity index (χ2v) is 4.26. The number of nitrogens with two attached hydrogens (primary N) is 1. The highest BCUT2D eigenvalue weighted by molar-refractivity contribution is 5.33. The Balaban J connectivity index is 2.62. The van der Waals surface area contributed by atoms with Crippen molar-refractivity contribution in [2.24, 2.45) is 11.7 Å². The van der Waals surface area contributed by atoms with Gasteiger partial charge in [0.25, 0.3) is 0 Å². The van der Waals surface area contributed by atoms with Crippen molar-refractivity contribution in [1.29, 1.82) is 0 Å². The summed E-state index contributed by atoms with van der Waals surface area (Å²) in [4.78, 5) is 0. The van der Waals surface area contributed by atoms with E-state index in [1.165, 1.54) is 24.8 Å². The molecule has 2 N–H and O–H groups in total. The predicted octanol–water partition coefficient (Wildman–Crippen LogP) is 3.00. The van der Waals surface area contributed by atoms with Crippen LogP contribution in [0.25, 0.3) is 0 Å². The van der Waals surface area contributed by atoms with E-state index in [0.717, 1.165) is 18.7 Å². The average molecular weight is 221 g/mol. The Morgan fingerprint density at radius 1 is 1.31 bits per heavy atom. The summed E-state index contributed by atoms with van der Waals surface area (Å²) in [6.07, 6.45) is 4.74. The molecule has 0 radical (unpaired) electrons. The van der Waals surface area contributed by atoms with Crippen molar-refractivity contribution >= 4 is 0 Å². The minimum Gasteiger partial charge on any atom is -0.496 e. The third-order valence-corrected chi connectivity index (χ3v) is 3.00. The summed E-state index contributed by atoms with van der Waals surface area (Å²) in [5, 5.41) is 0. The molecule has 0 saturated carbocycles. The van der Waals surface area contributed by atoms with Crippen LogP contribution in [-0.2, 0) is 6.42 Å². The third kappa shape index (κ3) is 3.86. The Kier molecular flexibility index (Phi) is 5.94. The molecule has 0 fully saturated rings. The number of hydrogen-bond acceptors (Lipinski definition) is 2. The molecule has 1 aromatic rings. The lowest BCUT2D eigenvalue weighted by molar-refractivity contribution is 0.400. The zero-order chi connectivity index (χ0) is 11.8. The fraction of sp³-hybridized carbons (Fsp3) is 0.571. The summed E-state index contributed by atoms with van der Waals surface area (Å²) < 4.78 is 5.35. The third-order valence-electron chi connectivity index (χ3n) is 3.00. The normalized spacial score (nSPS) is 12.4. The number of methoxy groups -OCH3 is 1. The first-order chi connectivity index (χ1) is 7.81. The van der Waals surface area contributed by atoms with Gasteiger partial charge in [-0.05, 0) is 36.9 Å². The van der Waals surface area contributed by atoms with E-state index in [-0.39, 0.29) is 0 Å². The number of ether oxygens (including phenoxy) is 1. The Morgan fingerprint density at radius 2 is 2.06 bits per heavy atom. The minimum absolute atomic E-state index is 0.580. The molecule has 2 heteroatoms. The van der Waals surface area contributed by atoms with E-state index in [1.54, 1.807) is 7.11 Å². The lowest BCUT2D eigenvalue weighted by Crippen LogP contribution is -2.17. The standard InChI is InChI=1S/C14H23NO/c1-3-4-7-12(11-15)10-13-8-5-6-9-14(13)16-2/h5-6,8-9,12H,3-4,7,10-11,15H2,1-2H3. The molecule has 0 aliphatic rings. The van der Waals surface area contributed by atoms with Gasteiger partial charge in [0, 0.05) is 0 Å². The maximum Gasteiger partial charge on any atom is 0.122 e. The second-order valence-electron chi connectivity index (χ2n) is 4.26. The van der Waals surface area contributed by atoms with Crippen molar-refractivity contribution in [3.05, 3.63) is 29.8 Å². The smallest absolute Gasteiger partial charge is 0.122 e. The number of benzene rings is 1. The van der Waals surface area contributed by atoms with Gasteiger partial charge in [-0.2, -0.15) is 0 Å².